The van der Waals surface area contributed by atoms with Gasteiger partial charge < -0.3 is 16.0 Å². The first-order chi connectivity index (χ1) is 10.1. The van der Waals surface area contributed by atoms with Crippen molar-refractivity contribution in [2.45, 2.75) is 13.8 Å². The fraction of sp³-hybridized carbons (Fsp3) is 0.417. The minimum atomic E-state index is -0.548. The van der Waals surface area contributed by atoms with Crippen LogP contribution in [-0.4, -0.2) is 50.8 Å². The number of amides is 1. The molecule has 0 saturated carbocycles. The molecule has 112 valence electrons. The number of primary amides is 1. The minimum absolute atomic E-state index is 0.297. The molecule has 0 atom stereocenters. The molecule has 3 N–H and O–H groups in total. The van der Waals surface area contributed by atoms with Gasteiger partial charge in [0.2, 0.25) is 11.9 Å². The lowest BCUT2D eigenvalue weighted by atomic mass is 10.4. The predicted octanol–water partition coefficient (Wildman–Crippen LogP) is 0.0441. The van der Waals surface area contributed by atoms with Gasteiger partial charge >= 0.3 is 0 Å². The van der Waals surface area contributed by atoms with Gasteiger partial charge in [-0.1, -0.05) is 0 Å². The Morgan fingerprint density at radius 1 is 1.33 bits per heavy atom. The Kier molecular flexibility index (Phi) is 4.31. The van der Waals surface area contributed by atoms with Crippen LogP contribution in [0.5, 0.6) is 0 Å². The Morgan fingerprint density at radius 2 is 2.05 bits per heavy atom. The lowest BCUT2D eigenvalue weighted by Crippen LogP contribution is -2.25. The Bertz CT molecular complexity index is 634. The zero-order valence-electron chi connectivity index (χ0n) is 12.2. The van der Waals surface area contributed by atoms with Crippen molar-refractivity contribution in [2.75, 3.05) is 30.4 Å². The molecule has 2 aromatic rings. The molecule has 0 unspecified atom stereocenters. The highest BCUT2D eigenvalue weighted by molar-refractivity contribution is 5.92. The number of carbonyl (C=O) groups excluding carboxylic acids is 1. The van der Waals surface area contributed by atoms with Gasteiger partial charge in [-0.15, -0.1) is 0 Å². The van der Waals surface area contributed by atoms with E-state index in [4.69, 9.17) is 5.73 Å². The average molecular weight is 290 g/mol. The predicted molar refractivity (Wildman–Crippen MR) is 78.6 cm³/mol. The summed E-state index contributed by atoms with van der Waals surface area (Å²) in [6.07, 6.45) is 2.87. The summed E-state index contributed by atoms with van der Waals surface area (Å²) in [5, 5.41) is 6.94. The van der Waals surface area contributed by atoms with Crippen LogP contribution in [0.2, 0.25) is 0 Å². The molecule has 0 aliphatic heterocycles. The summed E-state index contributed by atoms with van der Waals surface area (Å²) < 4.78 is 1.40. The largest absolute Gasteiger partial charge is 0.366 e. The first kappa shape index (κ1) is 14.7. The summed E-state index contributed by atoms with van der Waals surface area (Å²) in [6, 6.07) is 0. The summed E-state index contributed by atoms with van der Waals surface area (Å²) in [5.74, 6) is 0.750. The van der Waals surface area contributed by atoms with E-state index in [1.165, 1.54) is 17.1 Å². The molecule has 0 spiro atoms. The zero-order chi connectivity index (χ0) is 15.4. The molecule has 1 amide bonds. The van der Waals surface area contributed by atoms with Gasteiger partial charge in [0.05, 0.1) is 11.8 Å². The third kappa shape index (κ3) is 3.07. The van der Waals surface area contributed by atoms with E-state index in [-0.39, 0.29) is 0 Å². The summed E-state index contributed by atoms with van der Waals surface area (Å²) in [5.41, 5.74) is 5.51. The Balaban J connectivity index is 2.46. The molecule has 0 bridgehead atoms. The first-order valence-electron chi connectivity index (χ1n) is 6.62. The van der Waals surface area contributed by atoms with Gasteiger partial charge in [0.15, 0.2) is 0 Å². The summed E-state index contributed by atoms with van der Waals surface area (Å²) in [6.45, 7) is 5.58. The van der Waals surface area contributed by atoms with Crippen molar-refractivity contribution in [2.24, 2.45) is 5.73 Å². The molecule has 0 aromatic carbocycles. The quantitative estimate of drug-likeness (QED) is 0.772. The van der Waals surface area contributed by atoms with Gasteiger partial charge in [0.1, 0.15) is 0 Å². The van der Waals surface area contributed by atoms with E-state index < -0.39 is 5.91 Å². The molecule has 2 rings (SSSR count). The van der Waals surface area contributed by atoms with Gasteiger partial charge in [-0.05, 0) is 13.8 Å². The van der Waals surface area contributed by atoms with E-state index in [2.05, 4.69) is 25.4 Å². The van der Waals surface area contributed by atoms with E-state index in [1.807, 2.05) is 18.7 Å². The fourth-order valence-electron chi connectivity index (χ4n) is 1.78. The average Bonchev–Trinajstić information content (AvgIpc) is 2.98. The molecule has 0 radical (unpaired) electrons. The molecular formula is C12H18N8O. The van der Waals surface area contributed by atoms with Crippen molar-refractivity contribution in [3.8, 4) is 5.95 Å². The highest BCUT2D eigenvalue weighted by atomic mass is 16.1. The molecule has 2 heterocycles. The molecule has 21 heavy (non-hydrogen) atoms. The lowest BCUT2D eigenvalue weighted by Gasteiger charge is -2.19. The number of hydrogen-bond acceptors (Lipinski definition) is 7. The molecule has 2 aromatic heterocycles. The fourth-order valence-corrected chi connectivity index (χ4v) is 1.78. The summed E-state index contributed by atoms with van der Waals surface area (Å²) >= 11 is 0. The maximum atomic E-state index is 11.1. The second-order valence-corrected chi connectivity index (χ2v) is 4.22. The number of hydrogen-bond donors (Lipinski definition) is 2. The second-order valence-electron chi connectivity index (χ2n) is 4.22. The van der Waals surface area contributed by atoms with Crippen LogP contribution in [0.3, 0.4) is 0 Å². The molecule has 9 nitrogen and oxygen atoms in total. The van der Waals surface area contributed by atoms with Crippen molar-refractivity contribution in [3.05, 3.63) is 18.0 Å². The van der Waals surface area contributed by atoms with E-state index in [1.54, 1.807) is 7.05 Å². The molecule has 0 fully saturated rings. The Morgan fingerprint density at radius 3 is 2.57 bits per heavy atom. The molecule has 0 saturated heterocycles. The number of carbonyl (C=O) groups is 1. The van der Waals surface area contributed by atoms with Crippen molar-refractivity contribution >= 4 is 17.8 Å². The van der Waals surface area contributed by atoms with E-state index in [0.717, 1.165) is 13.1 Å². The van der Waals surface area contributed by atoms with Crippen LogP contribution in [-0.2, 0) is 0 Å². The van der Waals surface area contributed by atoms with Crippen LogP contribution in [0.4, 0.5) is 11.9 Å². The second kappa shape index (κ2) is 6.16. The van der Waals surface area contributed by atoms with Gasteiger partial charge in [-0.25, -0.2) is 4.68 Å². The SMILES string of the molecule is CCN(CC)c1nc(NC)nc(-n2cc(C(N)=O)cn2)n1. The van der Waals surface area contributed by atoms with Gasteiger partial charge in [-0.3, -0.25) is 4.79 Å². The third-order valence-corrected chi connectivity index (χ3v) is 2.95. The standard InChI is InChI=1S/C12H18N8O/c1-4-19(5-2)11-16-10(14-3)17-12(18-11)20-7-8(6-15-20)9(13)21/h6-7H,4-5H2,1-3H3,(H2,13,21)(H,14,16,17,18). The molecular weight excluding hydrogens is 272 g/mol. The first-order valence-corrected chi connectivity index (χ1v) is 6.62. The number of nitrogens with two attached hydrogens (primary N) is 1. The van der Waals surface area contributed by atoms with E-state index >= 15 is 0 Å². The van der Waals surface area contributed by atoms with E-state index in [0.29, 0.717) is 23.4 Å². The molecule has 9 heteroatoms. The maximum absolute atomic E-state index is 11.1. The number of aromatic nitrogens is 5. The lowest BCUT2D eigenvalue weighted by molar-refractivity contribution is 0.100. The molecule has 0 aliphatic carbocycles. The van der Waals surface area contributed by atoms with Crippen LogP contribution in [0.1, 0.15) is 24.2 Å². The third-order valence-electron chi connectivity index (χ3n) is 2.95. The van der Waals surface area contributed by atoms with Gasteiger partial charge in [0, 0.05) is 26.3 Å². The minimum Gasteiger partial charge on any atom is -0.366 e. The van der Waals surface area contributed by atoms with Gasteiger partial charge in [0.25, 0.3) is 11.9 Å². The number of anilines is 2. The van der Waals surface area contributed by atoms with Crippen LogP contribution >= 0.6 is 0 Å². The van der Waals surface area contributed by atoms with Crippen LogP contribution in [0.25, 0.3) is 5.95 Å². The van der Waals surface area contributed by atoms with Crippen molar-refractivity contribution in [1.82, 2.24) is 24.7 Å². The summed E-state index contributed by atoms with van der Waals surface area (Å²) in [4.78, 5) is 26.1. The Labute approximate surface area is 122 Å². The maximum Gasteiger partial charge on any atom is 0.257 e. The number of nitrogens with zero attached hydrogens (tertiary/aromatic N) is 6. The molecule has 0 aliphatic rings. The van der Waals surface area contributed by atoms with Crippen LogP contribution in [0.15, 0.2) is 12.4 Å². The van der Waals surface area contributed by atoms with Crippen molar-refractivity contribution in [1.29, 1.82) is 0 Å². The highest BCUT2D eigenvalue weighted by Gasteiger charge is 2.13. The van der Waals surface area contributed by atoms with Crippen molar-refractivity contribution in [3.63, 3.8) is 0 Å². The van der Waals surface area contributed by atoms with E-state index in [9.17, 15) is 4.79 Å². The van der Waals surface area contributed by atoms with Crippen molar-refractivity contribution < 1.29 is 4.79 Å². The topological polar surface area (TPSA) is 115 Å². The normalized spacial score (nSPS) is 10.4. The zero-order valence-corrected chi connectivity index (χ0v) is 12.2. The smallest absolute Gasteiger partial charge is 0.257 e. The highest BCUT2D eigenvalue weighted by Crippen LogP contribution is 2.13. The monoisotopic (exact) mass is 290 g/mol. The summed E-state index contributed by atoms with van der Waals surface area (Å²) in [7, 11) is 1.73. The Hall–Kier alpha value is -2.71. The number of nitrogens with one attached hydrogen (secondary N) is 1. The number of rotatable bonds is 6. The van der Waals surface area contributed by atoms with Crippen LogP contribution < -0.4 is 16.0 Å². The van der Waals surface area contributed by atoms with Gasteiger partial charge in [-0.2, -0.15) is 20.1 Å². The van der Waals surface area contributed by atoms with Crippen LogP contribution in [0, 0.1) is 0 Å².